The summed E-state index contributed by atoms with van der Waals surface area (Å²) >= 11 is 0. The number of halogens is 2. The highest BCUT2D eigenvalue weighted by molar-refractivity contribution is 5.85. The molecule has 0 spiro atoms. The molecule has 0 radical (unpaired) electrons. The minimum absolute atomic E-state index is 0. The third-order valence-electron chi connectivity index (χ3n) is 2.42. The molecule has 1 atom stereocenters. The molecule has 0 bridgehead atoms. The first kappa shape index (κ1) is 21.3. The Kier molecular flexibility index (Phi) is 17.3. The lowest BCUT2D eigenvalue weighted by atomic mass is 10.2. The molecule has 0 saturated carbocycles. The highest BCUT2D eigenvalue weighted by atomic mass is 35.5. The van der Waals surface area contributed by atoms with Gasteiger partial charge in [0.1, 0.15) is 0 Å². The lowest BCUT2D eigenvalue weighted by molar-refractivity contribution is -0.124. The van der Waals surface area contributed by atoms with Gasteiger partial charge in [0.05, 0.1) is 0 Å². The first-order valence-electron chi connectivity index (χ1n) is 5.35. The molecule has 0 aromatic carbocycles. The van der Waals surface area contributed by atoms with Crippen LogP contribution in [0, 0.1) is 5.92 Å². The number of carbonyl (C=O) groups is 1. The van der Waals surface area contributed by atoms with E-state index in [4.69, 9.17) is 5.73 Å². The fourth-order valence-corrected chi connectivity index (χ4v) is 1.16. The normalized spacial score (nSPS) is 11.3. The van der Waals surface area contributed by atoms with Crippen molar-refractivity contribution >= 4 is 30.7 Å². The number of rotatable bonds is 7. The van der Waals surface area contributed by atoms with Crippen molar-refractivity contribution in [2.45, 2.75) is 20.8 Å². The summed E-state index contributed by atoms with van der Waals surface area (Å²) in [4.78, 5) is 13.6. The topological polar surface area (TPSA) is 58.4 Å². The second-order valence-corrected chi connectivity index (χ2v) is 3.45. The van der Waals surface area contributed by atoms with Gasteiger partial charge in [0, 0.05) is 25.6 Å². The molecule has 0 aromatic rings. The molecule has 0 aliphatic heterocycles. The molecule has 0 aliphatic carbocycles. The summed E-state index contributed by atoms with van der Waals surface area (Å²) < 4.78 is 0. The van der Waals surface area contributed by atoms with Crippen LogP contribution < -0.4 is 11.1 Å². The molecule has 0 saturated heterocycles. The average molecular weight is 274 g/mol. The Morgan fingerprint density at radius 1 is 1.31 bits per heavy atom. The number of carbonyl (C=O) groups excluding carboxylic acids is 1. The molecule has 100 valence electrons. The van der Waals surface area contributed by atoms with Crippen molar-refractivity contribution in [1.29, 1.82) is 0 Å². The number of nitrogens with one attached hydrogen (secondary N) is 1. The van der Waals surface area contributed by atoms with E-state index in [1.165, 1.54) is 0 Å². The smallest absolute Gasteiger partial charge is 0.224 e. The van der Waals surface area contributed by atoms with Gasteiger partial charge in [0.15, 0.2) is 0 Å². The number of amides is 1. The van der Waals surface area contributed by atoms with Gasteiger partial charge in [-0.1, -0.05) is 20.8 Å². The SMILES string of the molecule is CCN(CC)CCNC(=O)C(C)CN.Cl.Cl. The zero-order valence-electron chi connectivity index (χ0n) is 10.4. The molecule has 0 aliphatic rings. The molecule has 4 nitrogen and oxygen atoms in total. The van der Waals surface area contributed by atoms with E-state index in [0.29, 0.717) is 13.1 Å². The highest BCUT2D eigenvalue weighted by Crippen LogP contribution is 1.90. The van der Waals surface area contributed by atoms with Gasteiger partial charge < -0.3 is 16.0 Å². The summed E-state index contributed by atoms with van der Waals surface area (Å²) in [5.74, 6) is -0.0219. The van der Waals surface area contributed by atoms with Crippen LogP contribution in [0.15, 0.2) is 0 Å². The molecule has 1 unspecified atom stereocenters. The lowest BCUT2D eigenvalue weighted by Crippen LogP contribution is -2.38. The molecule has 0 heterocycles. The molecule has 1 amide bonds. The average Bonchev–Trinajstić information content (AvgIpc) is 2.22. The van der Waals surface area contributed by atoms with Crippen molar-refractivity contribution in [2.24, 2.45) is 11.7 Å². The van der Waals surface area contributed by atoms with Gasteiger partial charge in [-0.2, -0.15) is 0 Å². The van der Waals surface area contributed by atoms with E-state index in [2.05, 4.69) is 24.1 Å². The number of likely N-dealkylation sites (N-methyl/N-ethyl adjacent to an activating group) is 1. The predicted molar refractivity (Wildman–Crippen MR) is 73.5 cm³/mol. The third-order valence-corrected chi connectivity index (χ3v) is 2.42. The summed E-state index contributed by atoms with van der Waals surface area (Å²) in [6.45, 7) is 10.2. The summed E-state index contributed by atoms with van der Waals surface area (Å²) in [6, 6.07) is 0. The van der Waals surface area contributed by atoms with Crippen molar-refractivity contribution in [3.63, 3.8) is 0 Å². The fraction of sp³-hybridized carbons (Fsp3) is 0.900. The molecule has 0 rings (SSSR count). The van der Waals surface area contributed by atoms with Gasteiger partial charge in [-0.15, -0.1) is 24.8 Å². The Morgan fingerprint density at radius 2 is 1.81 bits per heavy atom. The maximum atomic E-state index is 11.3. The van der Waals surface area contributed by atoms with Crippen molar-refractivity contribution in [1.82, 2.24) is 10.2 Å². The van der Waals surface area contributed by atoms with Gasteiger partial charge >= 0.3 is 0 Å². The second-order valence-electron chi connectivity index (χ2n) is 3.45. The highest BCUT2D eigenvalue weighted by Gasteiger charge is 2.09. The summed E-state index contributed by atoms with van der Waals surface area (Å²) in [7, 11) is 0. The fourth-order valence-electron chi connectivity index (χ4n) is 1.16. The van der Waals surface area contributed by atoms with E-state index in [9.17, 15) is 4.79 Å². The van der Waals surface area contributed by atoms with E-state index in [1.54, 1.807) is 0 Å². The van der Waals surface area contributed by atoms with Crippen molar-refractivity contribution in [3.05, 3.63) is 0 Å². The Hall–Kier alpha value is -0.0300. The third kappa shape index (κ3) is 9.21. The minimum Gasteiger partial charge on any atom is -0.355 e. The Morgan fingerprint density at radius 3 is 2.19 bits per heavy atom. The molecule has 0 aromatic heterocycles. The van der Waals surface area contributed by atoms with Gasteiger partial charge in [0.25, 0.3) is 0 Å². The molecular weight excluding hydrogens is 249 g/mol. The number of nitrogens with zero attached hydrogens (tertiary/aromatic N) is 1. The van der Waals surface area contributed by atoms with E-state index < -0.39 is 0 Å². The molecule has 6 heteroatoms. The number of nitrogens with two attached hydrogens (primary N) is 1. The Labute approximate surface area is 111 Å². The van der Waals surface area contributed by atoms with Crippen molar-refractivity contribution in [2.75, 3.05) is 32.7 Å². The van der Waals surface area contributed by atoms with Gasteiger partial charge in [-0.25, -0.2) is 0 Å². The maximum Gasteiger partial charge on any atom is 0.224 e. The van der Waals surface area contributed by atoms with Crippen LogP contribution >= 0.6 is 24.8 Å². The van der Waals surface area contributed by atoms with Crippen LogP contribution in [0.3, 0.4) is 0 Å². The van der Waals surface area contributed by atoms with E-state index in [0.717, 1.165) is 19.6 Å². The molecule has 16 heavy (non-hydrogen) atoms. The second kappa shape index (κ2) is 13.0. The van der Waals surface area contributed by atoms with Crippen LogP contribution in [0.4, 0.5) is 0 Å². The number of hydrogen-bond acceptors (Lipinski definition) is 3. The van der Waals surface area contributed by atoms with Crippen molar-refractivity contribution in [3.8, 4) is 0 Å². The van der Waals surface area contributed by atoms with E-state index in [1.807, 2.05) is 6.92 Å². The van der Waals surface area contributed by atoms with Crippen LogP contribution in [0.1, 0.15) is 20.8 Å². The van der Waals surface area contributed by atoms with Gasteiger partial charge in [0.2, 0.25) is 5.91 Å². The monoisotopic (exact) mass is 273 g/mol. The lowest BCUT2D eigenvalue weighted by Gasteiger charge is -2.18. The Balaban J connectivity index is -0.000000845. The summed E-state index contributed by atoms with van der Waals surface area (Å²) in [5.41, 5.74) is 5.39. The van der Waals surface area contributed by atoms with Crippen LogP contribution in [-0.2, 0) is 4.79 Å². The first-order chi connectivity index (χ1) is 6.65. The van der Waals surface area contributed by atoms with Crippen molar-refractivity contribution < 1.29 is 4.79 Å². The van der Waals surface area contributed by atoms with Crippen LogP contribution in [0.2, 0.25) is 0 Å². The summed E-state index contributed by atoms with van der Waals surface area (Å²) in [5, 5.41) is 2.87. The molecule has 3 N–H and O–H groups in total. The van der Waals surface area contributed by atoms with Gasteiger partial charge in [-0.3, -0.25) is 4.79 Å². The summed E-state index contributed by atoms with van der Waals surface area (Å²) in [6.07, 6.45) is 0. The van der Waals surface area contributed by atoms with E-state index >= 15 is 0 Å². The largest absolute Gasteiger partial charge is 0.355 e. The van der Waals surface area contributed by atoms with E-state index in [-0.39, 0.29) is 36.6 Å². The number of hydrogen-bond donors (Lipinski definition) is 2. The molecule has 0 fully saturated rings. The van der Waals surface area contributed by atoms with Crippen LogP contribution in [-0.4, -0.2) is 43.5 Å². The maximum absolute atomic E-state index is 11.3. The Bertz CT molecular complexity index is 166. The zero-order valence-corrected chi connectivity index (χ0v) is 12.0. The molecular formula is C10H25Cl2N3O. The minimum atomic E-state index is -0.0771. The van der Waals surface area contributed by atoms with Crippen LogP contribution in [0.5, 0.6) is 0 Å². The van der Waals surface area contributed by atoms with Crippen LogP contribution in [0.25, 0.3) is 0 Å². The first-order valence-corrected chi connectivity index (χ1v) is 5.35. The standard InChI is InChI=1S/C10H23N3O.2ClH/c1-4-13(5-2)7-6-12-10(14)9(3)8-11;;/h9H,4-8,11H2,1-3H3,(H,12,14);2*1H. The quantitative estimate of drug-likeness (QED) is 0.724. The predicted octanol–water partition coefficient (Wildman–Crippen LogP) is 0.883. The zero-order chi connectivity index (χ0) is 11.0. The van der Waals surface area contributed by atoms with Gasteiger partial charge in [-0.05, 0) is 13.1 Å².